The summed E-state index contributed by atoms with van der Waals surface area (Å²) in [7, 11) is 0. The number of rotatable bonds is 3. The Labute approximate surface area is 97.0 Å². The van der Waals surface area contributed by atoms with Crippen LogP contribution in [0.25, 0.3) is 0 Å². The summed E-state index contributed by atoms with van der Waals surface area (Å²) in [4.78, 5) is 0. The Morgan fingerprint density at radius 1 is 1.44 bits per heavy atom. The lowest BCUT2D eigenvalue weighted by Crippen LogP contribution is -2.27. The van der Waals surface area contributed by atoms with Crippen LogP contribution in [-0.4, -0.2) is 13.2 Å². The standard InChI is InChI=1S/C14H17NO/c1-2-3-6-10-15-13-9-11-16-14-8-5-4-7-12(13)14/h4-5,7-8,13,15H,6,9-11H2,1H3. The van der Waals surface area contributed by atoms with Crippen LogP contribution in [0.1, 0.15) is 31.4 Å². The predicted molar refractivity (Wildman–Crippen MR) is 65.4 cm³/mol. The van der Waals surface area contributed by atoms with Crippen LogP contribution in [0.5, 0.6) is 5.75 Å². The third-order valence-corrected chi connectivity index (χ3v) is 2.78. The molecule has 1 heterocycles. The quantitative estimate of drug-likeness (QED) is 0.618. The van der Waals surface area contributed by atoms with E-state index in [1.807, 2.05) is 19.1 Å². The maximum Gasteiger partial charge on any atom is 0.124 e. The fourth-order valence-electron chi connectivity index (χ4n) is 1.99. The zero-order valence-corrected chi connectivity index (χ0v) is 9.62. The SMILES string of the molecule is CC#CCCNC1CCOc2ccccc21. The number of ether oxygens (including phenoxy) is 1. The zero-order valence-electron chi connectivity index (χ0n) is 9.62. The average molecular weight is 215 g/mol. The van der Waals surface area contributed by atoms with Gasteiger partial charge in [0.15, 0.2) is 0 Å². The van der Waals surface area contributed by atoms with Crippen LogP contribution in [0.15, 0.2) is 24.3 Å². The Morgan fingerprint density at radius 3 is 3.19 bits per heavy atom. The summed E-state index contributed by atoms with van der Waals surface area (Å²) in [6.07, 6.45) is 1.95. The summed E-state index contributed by atoms with van der Waals surface area (Å²) in [6.45, 7) is 3.62. The van der Waals surface area contributed by atoms with Crippen molar-refractivity contribution in [3.05, 3.63) is 29.8 Å². The second-order valence-electron chi connectivity index (χ2n) is 3.86. The van der Waals surface area contributed by atoms with Gasteiger partial charge in [0.05, 0.1) is 6.61 Å². The third-order valence-electron chi connectivity index (χ3n) is 2.78. The molecular formula is C14H17NO. The lowest BCUT2D eigenvalue weighted by molar-refractivity contribution is 0.253. The number of para-hydroxylation sites is 1. The number of nitrogens with one attached hydrogen (secondary N) is 1. The Kier molecular flexibility index (Phi) is 3.85. The van der Waals surface area contributed by atoms with Gasteiger partial charge in [-0.1, -0.05) is 18.2 Å². The molecule has 0 saturated heterocycles. The van der Waals surface area contributed by atoms with Gasteiger partial charge >= 0.3 is 0 Å². The number of hydrogen-bond acceptors (Lipinski definition) is 2. The monoisotopic (exact) mass is 215 g/mol. The molecule has 0 bridgehead atoms. The van der Waals surface area contributed by atoms with E-state index >= 15 is 0 Å². The van der Waals surface area contributed by atoms with Crippen molar-refractivity contribution in [2.45, 2.75) is 25.8 Å². The average Bonchev–Trinajstić information content (AvgIpc) is 2.35. The predicted octanol–water partition coefficient (Wildman–Crippen LogP) is 2.51. The van der Waals surface area contributed by atoms with Gasteiger partial charge in [-0.3, -0.25) is 0 Å². The molecule has 1 aromatic rings. The van der Waals surface area contributed by atoms with Crippen molar-refractivity contribution >= 4 is 0 Å². The van der Waals surface area contributed by atoms with Crippen LogP contribution in [0.4, 0.5) is 0 Å². The molecule has 0 aliphatic carbocycles. The molecule has 1 aliphatic heterocycles. The molecule has 0 amide bonds. The van der Waals surface area contributed by atoms with E-state index in [2.05, 4.69) is 29.3 Å². The van der Waals surface area contributed by atoms with Gasteiger partial charge in [0.25, 0.3) is 0 Å². The first-order valence-corrected chi connectivity index (χ1v) is 5.76. The Balaban J connectivity index is 1.98. The van der Waals surface area contributed by atoms with Crippen molar-refractivity contribution in [2.24, 2.45) is 0 Å². The Hall–Kier alpha value is -1.46. The normalized spacial score (nSPS) is 17.9. The van der Waals surface area contributed by atoms with E-state index in [0.29, 0.717) is 6.04 Å². The van der Waals surface area contributed by atoms with Crippen LogP contribution < -0.4 is 10.1 Å². The summed E-state index contributed by atoms with van der Waals surface area (Å²) in [5, 5.41) is 3.53. The molecule has 0 saturated carbocycles. The fraction of sp³-hybridized carbons (Fsp3) is 0.429. The minimum absolute atomic E-state index is 0.420. The number of fused-ring (bicyclic) bond motifs is 1. The second kappa shape index (κ2) is 5.58. The van der Waals surface area contributed by atoms with Gasteiger partial charge in [-0.15, -0.1) is 11.8 Å². The molecule has 1 unspecified atom stereocenters. The highest BCUT2D eigenvalue weighted by atomic mass is 16.5. The van der Waals surface area contributed by atoms with Gasteiger partial charge in [0.2, 0.25) is 0 Å². The van der Waals surface area contributed by atoms with E-state index in [0.717, 1.165) is 31.7 Å². The van der Waals surface area contributed by atoms with Crippen molar-refractivity contribution in [3.63, 3.8) is 0 Å². The molecule has 84 valence electrons. The minimum atomic E-state index is 0.420. The summed E-state index contributed by atoms with van der Waals surface area (Å²) in [5.74, 6) is 7.00. The van der Waals surface area contributed by atoms with Crippen LogP contribution in [0.3, 0.4) is 0 Å². The minimum Gasteiger partial charge on any atom is -0.493 e. The van der Waals surface area contributed by atoms with Crippen molar-refractivity contribution in [2.75, 3.05) is 13.2 Å². The lowest BCUT2D eigenvalue weighted by Gasteiger charge is -2.26. The molecule has 0 spiro atoms. The van der Waals surface area contributed by atoms with Crippen LogP contribution in [-0.2, 0) is 0 Å². The van der Waals surface area contributed by atoms with Gasteiger partial charge in [0.1, 0.15) is 5.75 Å². The highest BCUT2D eigenvalue weighted by molar-refractivity contribution is 5.37. The summed E-state index contributed by atoms with van der Waals surface area (Å²) < 4.78 is 5.61. The topological polar surface area (TPSA) is 21.3 Å². The van der Waals surface area contributed by atoms with Gasteiger partial charge in [-0.25, -0.2) is 0 Å². The number of hydrogen-bond donors (Lipinski definition) is 1. The van der Waals surface area contributed by atoms with Gasteiger partial charge in [-0.2, -0.15) is 0 Å². The highest BCUT2D eigenvalue weighted by Crippen LogP contribution is 2.31. The van der Waals surface area contributed by atoms with Gasteiger partial charge in [-0.05, 0) is 13.0 Å². The van der Waals surface area contributed by atoms with Crippen molar-refractivity contribution in [1.82, 2.24) is 5.32 Å². The van der Waals surface area contributed by atoms with E-state index in [4.69, 9.17) is 4.74 Å². The van der Waals surface area contributed by atoms with E-state index in [9.17, 15) is 0 Å². The maximum absolute atomic E-state index is 5.61. The van der Waals surface area contributed by atoms with E-state index in [-0.39, 0.29) is 0 Å². The molecule has 2 heteroatoms. The van der Waals surface area contributed by atoms with Crippen molar-refractivity contribution in [3.8, 4) is 17.6 Å². The van der Waals surface area contributed by atoms with Crippen LogP contribution in [0, 0.1) is 11.8 Å². The molecule has 1 N–H and O–H groups in total. The first-order chi connectivity index (χ1) is 7.92. The van der Waals surface area contributed by atoms with Crippen molar-refractivity contribution < 1.29 is 4.74 Å². The van der Waals surface area contributed by atoms with Crippen molar-refractivity contribution in [1.29, 1.82) is 0 Å². The molecule has 2 nitrogen and oxygen atoms in total. The van der Waals surface area contributed by atoms with Crippen LogP contribution >= 0.6 is 0 Å². The largest absolute Gasteiger partial charge is 0.493 e. The van der Waals surface area contributed by atoms with E-state index < -0.39 is 0 Å². The number of benzene rings is 1. The molecular weight excluding hydrogens is 198 g/mol. The first kappa shape index (κ1) is 11.0. The molecule has 16 heavy (non-hydrogen) atoms. The summed E-state index contributed by atoms with van der Waals surface area (Å²) in [6, 6.07) is 8.67. The maximum atomic E-state index is 5.61. The highest BCUT2D eigenvalue weighted by Gasteiger charge is 2.19. The fourth-order valence-corrected chi connectivity index (χ4v) is 1.99. The molecule has 2 rings (SSSR count). The van der Waals surface area contributed by atoms with Gasteiger partial charge < -0.3 is 10.1 Å². The smallest absolute Gasteiger partial charge is 0.124 e. The molecule has 1 aliphatic rings. The summed E-state index contributed by atoms with van der Waals surface area (Å²) >= 11 is 0. The molecule has 1 aromatic carbocycles. The van der Waals surface area contributed by atoms with E-state index in [1.165, 1.54) is 5.56 Å². The van der Waals surface area contributed by atoms with Gasteiger partial charge in [0, 0.05) is 31.0 Å². The molecule has 0 aromatic heterocycles. The zero-order chi connectivity index (χ0) is 11.2. The van der Waals surface area contributed by atoms with Crippen LogP contribution in [0.2, 0.25) is 0 Å². The molecule has 0 fully saturated rings. The molecule has 1 atom stereocenters. The van der Waals surface area contributed by atoms with E-state index in [1.54, 1.807) is 0 Å². The second-order valence-corrected chi connectivity index (χ2v) is 3.86. The Morgan fingerprint density at radius 2 is 2.31 bits per heavy atom. The summed E-state index contributed by atoms with van der Waals surface area (Å²) in [5.41, 5.74) is 1.28. The third kappa shape index (κ3) is 2.56. The first-order valence-electron chi connectivity index (χ1n) is 5.76. The molecule has 0 radical (unpaired) electrons. The lowest BCUT2D eigenvalue weighted by atomic mass is 10.0. The Bertz CT molecular complexity index is 403.